The number of carbonyl (C=O) groups excluding carboxylic acids is 1. The van der Waals surface area contributed by atoms with Crippen LogP contribution in [0.2, 0.25) is 0 Å². The summed E-state index contributed by atoms with van der Waals surface area (Å²) in [5.41, 5.74) is 0.785. The maximum Gasteiger partial charge on any atom is 0.307 e. The summed E-state index contributed by atoms with van der Waals surface area (Å²) in [4.78, 5) is 26.5. The van der Waals surface area contributed by atoms with Crippen LogP contribution in [-0.4, -0.2) is 41.6 Å². The SMILES string of the molecule is O=C(O)Cc1ccc(OCCC2CCN(C(=O)C34CC5CC(CC(C5)C3)C4)CC2)cc1. The van der Waals surface area contributed by atoms with Gasteiger partial charge in [-0.3, -0.25) is 9.59 Å². The number of carbonyl (C=O) groups is 2. The van der Waals surface area contributed by atoms with Crippen LogP contribution in [0, 0.1) is 29.1 Å². The summed E-state index contributed by atoms with van der Waals surface area (Å²) in [5.74, 6) is 3.55. The number of carboxylic acid groups (broad SMARTS) is 1. The molecule has 0 spiro atoms. The summed E-state index contributed by atoms with van der Waals surface area (Å²) in [6.45, 7) is 2.50. The molecule has 1 heterocycles. The highest BCUT2D eigenvalue weighted by atomic mass is 16.5. The predicted molar refractivity (Wildman–Crippen MR) is 118 cm³/mol. The highest BCUT2D eigenvalue weighted by molar-refractivity contribution is 5.83. The van der Waals surface area contributed by atoms with E-state index in [1.807, 2.05) is 24.3 Å². The third kappa shape index (κ3) is 4.47. The van der Waals surface area contributed by atoms with Crippen molar-refractivity contribution >= 4 is 11.9 Å². The topological polar surface area (TPSA) is 66.8 Å². The molecule has 31 heavy (non-hydrogen) atoms. The van der Waals surface area contributed by atoms with E-state index in [-0.39, 0.29) is 11.8 Å². The fourth-order valence-corrected chi connectivity index (χ4v) is 7.35. The zero-order valence-electron chi connectivity index (χ0n) is 18.4. The fourth-order valence-electron chi connectivity index (χ4n) is 7.35. The van der Waals surface area contributed by atoms with Crippen molar-refractivity contribution in [1.82, 2.24) is 4.90 Å². The maximum atomic E-state index is 13.5. The van der Waals surface area contributed by atoms with Gasteiger partial charge in [0.15, 0.2) is 0 Å². The Morgan fingerprint density at radius 3 is 2.10 bits per heavy atom. The monoisotopic (exact) mass is 425 g/mol. The van der Waals surface area contributed by atoms with Gasteiger partial charge in [-0.2, -0.15) is 0 Å². The smallest absolute Gasteiger partial charge is 0.307 e. The average molecular weight is 426 g/mol. The first kappa shape index (κ1) is 20.8. The number of piperidine rings is 1. The van der Waals surface area contributed by atoms with Crippen LogP contribution in [0.5, 0.6) is 5.75 Å². The maximum absolute atomic E-state index is 13.5. The van der Waals surface area contributed by atoms with Crippen LogP contribution in [-0.2, 0) is 16.0 Å². The first-order valence-electron chi connectivity index (χ1n) is 12.2. The van der Waals surface area contributed by atoms with Gasteiger partial charge in [0.25, 0.3) is 0 Å². The predicted octanol–water partition coefficient (Wildman–Crippen LogP) is 4.54. The minimum atomic E-state index is -0.818. The van der Waals surface area contributed by atoms with Crippen LogP contribution in [0.4, 0.5) is 0 Å². The zero-order valence-corrected chi connectivity index (χ0v) is 18.4. The van der Waals surface area contributed by atoms with Crippen molar-refractivity contribution in [2.24, 2.45) is 29.1 Å². The molecule has 1 aromatic rings. The Labute approximate surface area is 185 Å². The number of benzene rings is 1. The number of amides is 1. The summed E-state index contributed by atoms with van der Waals surface area (Å²) in [5, 5.41) is 8.85. The van der Waals surface area contributed by atoms with Crippen LogP contribution < -0.4 is 4.74 Å². The minimum Gasteiger partial charge on any atom is -0.494 e. The number of hydrogen-bond donors (Lipinski definition) is 1. The van der Waals surface area contributed by atoms with Gasteiger partial charge in [-0.05, 0) is 99.2 Å². The van der Waals surface area contributed by atoms with Crippen LogP contribution >= 0.6 is 0 Å². The number of likely N-dealkylation sites (tertiary alicyclic amines) is 1. The molecule has 4 aliphatic carbocycles. The molecule has 5 fully saturated rings. The molecule has 168 valence electrons. The first-order valence-corrected chi connectivity index (χ1v) is 12.2. The van der Waals surface area contributed by atoms with Crippen molar-refractivity contribution in [3.63, 3.8) is 0 Å². The molecular weight excluding hydrogens is 390 g/mol. The highest BCUT2D eigenvalue weighted by Gasteiger charge is 2.55. The zero-order chi connectivity index (χ0) is 21.4. The van der Waals surface area contributed by atoms with E-state index in [2.05, 4.69) is 4.90 Å². The van der Waals surface area contributed by atoms with Crippen molar-refractivity contribution in [2.75, 3.05) is 19.7 Å². The molecule has 5 heteroatoms. The molecule has 4 bridgehead atoms. The van der Waals surface area contributed by atoms with Crippen molar-refractivity contribution in [1.29, 1.82) is 0 Å². The van der Waals surface area contributed by atoms with Gasteiger partial charge >= 0.3 is 5.97 Å². The minimum absolute atomic E-state index is 0.00248. The summed E-state index contributed by atoms with van der Waals surface area (Å²) in [7, 11) is 0. The fraction of sp³-hybridized carbons (Fsp3) is 0.692. The molecule has 6 rings (SSSR count). The second kappa shape index (κ2) is 8.48. The molecule has 1 N–H and O–H groups in total. The molecule has 0 atom stereocenters. The number of ether oxygens (including phenoxy) is 1. The van der Waals surface area contributed by atoms with Crippen LogP contribution in [0.15, 0.2) is 24.3 Å². The molecule has 1 aliphatic heterocycles. The van der Waals surface area contributed by atoms with Crippen LogP contribution in [0.3, 0.4) is 0 Å². The van der Waals surface area contributed by atoms with Crippen LogP contribution in [0.1, 0.15) is 63.4 Å². The van der Waals surface area contributed by atoms with E-state index in [4.69, 9.17) is 9.84 Å². The lowest BCUT2D eigenvalue weighted by molar-refractivity contribution is -0.159. The van der Waals surface area contributed by atoms with E-state index in [1.165, 1.54) is 19.3 Å². The number of carboxylic acids is 1. The highest BCUT2D eigenvalue weighted by Crippen LogP contribution is 2.60. The van der Waals surface area contributed by atoms with E-state index >= 15 is 0 Å². The standard InChI is InChI=1S/C26H35NO4/c28-24(29)14-19-1-3-23(4-2-19)31-10-7-18-5-8-27(9-6-18)25(30)26-15-20-11-21(16-26)13-22(12-20)17-26/h1-4,18,20-22H,5-17H2,(H,28,29). The van der Waals surface area contributed by atoms with E-state index < -0.39 is 5.97 Å². The normalized spacial score (nSPS) is 32.3. The lowest BCUT2D eigenvalue weighted by Crippen LogP contribution is -2.55. The van der Waals surface area contributed by atoms with Crippen molar-refractivity contribution in [2.45, 2.75) is 64.2 Å². The third-order valence-corrected chi connectivity index (χ3v) is 8.47. The number of nitrogens with zero attached hydrogens (tertiary/aromatic N) is 1. The Morgan fingerprint density at radius 2 is 1.55 bits per heavy atom. The molecule has 4 saturated carbocycles. The lowest BCUT2D eigenvalue weighted by atomic mass is 9.49. The second-order valence-electron chi connectivity index (χ2n) is 10.8. The van der Waals surface area contributed by atoms with E-state index in [0.717, 1.165) is 80.7 Å². The Morgan fingerprint density at radius 1 is 0.968 bits per heavy atom. The van der Waals surface area contributed by atoms with Gasteiger partial charge in [0.2, 0.25) is 5.91 Å². The Balaban J connectivity index is 1.06. The Kier molecular flexibility index (Phi) is 5.70. The third-order valence-electron chi connectivity index (χ3n) is 8.47. The molecule has 0 aromatic heterocycles. The molecule has 5 aliphatic rings. The largest absolute Gasteiger partial charge is 0.494 e. The second-order valence-corrected chi connectivity index (χ2v) is 10.8. The quantitative estimate of drug-likeness (QED) is 0.697. The van der Waals surface area contributed by atoms with Crippen molar-refractivity contribution < 1.29 is 19.4 Å². The van der Waals surface area contributed by atoms with Gasteiger partial charge in [0.05, 0.1) is 18.4 Å². The summed E-state index contributed by atoms with van der Waals surface area (Å²) < 4.78 is 5.88. The summed E-state index contributed by atoms with van der Waals surface area (Å²) in [6.07, 6.45) is 10.9. The van der Waals surface area contributed by atoms with Crippen molar-refractivity contribution in [3.8, 4) is 5.75 Å². The summed E-state index contributed by atoms with van der Waals surface area (Å²) in [6, 6.07) is 7.34. The van der Waals surface area contributed by atoms with Gasteiger partial charge in [-0.25, -0.2) is 0 Å². The molecule has 0 radical (unpaired) electrons. The lowest BCUT2D eigenvalue weighted by Gasteiger charge is -2.57. The van der Waals surface area contributed by atoms with Gasteiger partial charge in [-0.1, -0.05) is 12.1 Å². The van der Waals surface area contributed by atoms with E-state index in [9.17, 15) is 9.59 Å². The number of rotatable bonds is 7. The van der Waals surface area contributed by atoms with Gasteiger partial charge in [-0.15, -0.1) is 0 Å². The molecule has 1 saturated heterocycles. The molecule has 0 unspecified atom stereocenters. The average Bonchev–Trinajstić information content (AvgIpc) is 2.74. The molecular formula is C26H35NO4. The van der Waals surface area contributed by atoms with Gasteiger partial charge < -0.3 is 14.7 Å². The number of hydrogen-bond acceptors (Lipinski definition) is 3. The summed E-state index contributed by atoms with van der Waals surface area (Å²) >= 11 is 0. The Bertz CT molecular complexity index is 774. The van der Waals surface area contributed by atoms with Crippen molar-refractivity contribution in [3.05, 3.63) is 29.8 Å². The van der Waals surface area contributed by atoms with E-state index in [1.54, 1.807) is 0 Å². The van der Waals surface area contributed by atoms with Gasteiger partial charge in [0, 0.05) is 13.1 Å². The molecule has 1 aromatic carbocycles. The first-order chi connectivity index (χ1) is 15.0. The van der Waals surface area contributed by atoms with Crippen LogP contribution in [0.25, 0.3) is 0 Å². The number of aliphatic carboxylic acids is 1. The Hall–Kier alpha value is -2.04. The molecule has 1 amide bonds. The molecule has 5 nitrogen and oxygen atoms in total. The van der Waals surface area contributed by atoms with E-state index in [0.29, 0.717) is 18.4 Å². The van der Waals surface area contributed by atoms with Gasteiger partial charge in [0.1, 0.15) is 5.75 Å².